The van der Waals surface area contributed by atoms with Gasteiger partial charge in [-0.2, -0.15) is 8.78 Å². The second-order valence-electron chi connectivity index (χ2n) is 3.66. The van der Waals surface area contributed by atoms with Crippen LogP contribution < -0.4 is 4.74 Å². The van der Waals surface area contributed by atoms with Crippen molar-refractivity contribution in [1.29, 1.82) is 0 Å². The predicted molar refractivity (Wildman–Crippen MR) is 60.1 cm³/mol. The number of aldehydes is 1. The van der Waals surface area contributed by atoms with Crippen LogP contribution in [0.25, 0.3) is 0 Å². The van der Waals surface area contributed by atoms with E-state index in [9.17, 15) is 23.5 Å². The standard InChI is InChI=1S/C12H12F2O5/c13-12(14)19-10-7(4-2-6-15)3-1-5-8(10)9(16)11(17)18/h1,3,5-6,9,12,16H,2,4H2,(H,17,18). The van der Waals surface area contributed by atoms with Crippen LogP contribution in [0.4, 0.5) is 8.78 Å². The molecule has 1 aromatic rings. The first-order valence-corrected chi connectivity index (χ1v) is 5.38. The Kier molecular flexibility index (Phi) is 5.37. The first kappa shape index (κ1) is 15.0. The van der Waals surface area contributed by atoms with Crippen molar-refractivity contribution in [2.24, 2.45) is 0 Å². The van der Waals surface area contributed by atoms with E-state index in [0.29, 0.717) is 6.29 Å². The zero-order valence-corrected chi connectivity index (χ0v) is 9.75. The van der Waals surface area contributed by atoms with Crippen molar-refractivity contribution in [3.63, 3.8) is 0 Å². The molecule has 0 aliphatic heterocycles. The monoisotopic (exact) mass is 274 g/mol. The van der Waals surface area contributed by atoms with Crippen molar-refractivity contribution < 1.29 is 33.3 Å². The number of alkyl halides is 2. The highest BCUT2D eigenvalue weighted by Crippen LogP contribution is 2.31. The van der Waals surface area contributed by atoms with Crippen LogP contribution >= 0.6 is 0 Å². The first-order valence-electron chi connectivity index (χ1n) is 5.38. The molecule has 0 bridgehead atoms. The number of hydrogen-bond acceptors (Lipinski definition) is 4. The highest BCUT2D eigenvalue weighted by atomic mass is 19.3. The van der Waals surface area contributed by atoms with Crippen LogP contribution in [0, 0.1) is 0 Å². The molecule has 0 amide bonds. The zero-order valence-electron chi connectivity index (χ0n) is 9.75. The number of benzene rings is 1. The zero-order chi connectivity index (χ0) is 14.4. The molecule has 0 radical (unpaired) electrons. The maximum Gasteiger partial charge on any atom is 0.387 e. The number of carbonyl (C=O) groups is 2. The lowest BCUT2D eigenvalue weighted by Crippen LogP contribution is -2.15. The summed E-state index contributed by atoms with van der Waals surface area (Å²) < 4.78 is 29.0. The molecule has 0 saturated carbocycles. The number of aliphatic carboxylic acids is 1. The molecule has 0 spiro atoms. The van der Waals surface area contributed by atoms with Gasteiger partial charge in [0.2, 0.25) is 0 Å². The Morgan fingerprint density at radius 1 is 1.42 bits per heavy atom. The molecule has 0 saturated heterocycles. The van der Waals surface area contributed by atoms with Crippen LogP contribution in [0.2, 0.25) is 0 Å². The Morgan fingerprint density at radius 2 is 2.11 bits per heavy atom. The Bertz CT molecular complexity index is 461. The average molecular weight is 274 g/mol. The van der Waals surface area contributed by atoms with E-state index in [4.69, 9.17) is 5.11 Å². The molecule has 1 unspecified atom stereocenters. The molecule has 2 N–H and O–H groups in total. The van der Waals surface area contributed by atoms with Crippen LogP contribution in [-0.2, 0) is 16.0 Å². The number of aliphatic hydroxyl groups is 1. The summed E-state index contributed by atoms with van der Waals surface area (Å²) in [5.41, 5.74) is -0.0265. The molecule has 0 aromatic heterocycles. The van der Waals surface area contributed by atoms with Gasteiger partial charge in [0.05, 0.1) is 0 Å². The second kappa shape index (κ2) is 6.79. The molecular formula is C12H12F2O5. The van der Waals surface area contributed by atoms with Crippen molar-refractivity contribution in [3.05, 3.63) is 29.3 Å². The molecule has 0 aliphatic rings. The maximum atomic E-state index is 12.3. The Morgan fingerprint density at radius 3 is 2.63 bits per heavy atom. The molecule has 0 heterocycles. The van der Waals surface area contributed by atoms with Gasteiger partial charge in [-0.3, -0.25) is 0 Å². The summed E-state index contributed by atoms with van der Waals surface area (Å²) in [4.78, 5) is 21.0. The molecule has 104 valence electrons. The predicted octanol–water partition coefficient (Wildman–Crippen LogP) is 1.54. The van der Waals surface area contributed by atoms with Crippen molar-refractivity contribution >= 4 is 12.3 Å². The summed E-state index contributed by atoms with van der Waals surface area (Å²) in [5.74, 6) is -1.97. The van der Waals surface area contributed by atoms with Gasteiger partial charge in [-0.25, -0.2) is 4.79 Å². The van der Waals surface area contributed by atoms with Crippen molar-refractivity contribution in [2.45, 2.75) is 25.6 Å². The minimum Gasteiger partial charge on any atom is -0.479 e. The lowest BCUT2D eigenvalue weighted by Gasteiger charge is -2.16. The average Bonchev–Trinajstić information content (AvgIpc) is 2.35. The van der Waals surface area contributed by atoms with Gasteiger partial charge in [-0.15, -0.1) is 0 Å². The summed E-state index contributed by atoms with van der Waals surface area (Å²) in [6, 6.07) is 4.01. The summed E-state index contributed by atoms with van der Waals surface area (Å²) in [7, 11) is 0. The van der Waals surface area contributed by atoms with Gasteiger partial charge >= 0.3 is 12.6 Å². The number of ether oxygens (including phenoxy) is 1. The topological polar surface area (TPSA) is 83.8 Å². The molecule has 1 atom stereocenters. The maximum absolute atomic E-state index is 12.3. The molecular weight excluding hydrogens is 262 g/mol. The Balaban J connectivity index is 3.20. The van der Waals surface area contributed by atoms with Gasteiger partial charge in [0.25, 0.3) is 0 Å². The summed E-state index contributed by atoms with van der Waals surface area (Å²) >= 11 is 0. The minimum atomic E-state index is -3.16. The number of hydrogen-bond donors (Lipinski definition) is 2. The third-order valence-corrected chi connectivity index (χ3v) is 2.39. The Labute approximate surface area is 107 Å². The lowest BCUT2D eigenvalue weighted by molar-refractivity contribution is -0.147. The van der Waals surface area contributed by atoms with E-state index in [-0.39, 0.29) is 24.0 Å². The Hall–Kier alpha value is -2.02. The number of carbonyl (C=O) groups excluding carboxylic acids is 1. The SMILES string of the molecule is O=CCCc1cccc(C(O)C(=O)O)c1OC(F)F. The van der Waals surface area contributed by atoms with E-state index < -0.39 is 24.4 Å². The molecule has 0 fully saturated rings. The number of carboxylic acid groups (broad SMARTS) is 1. The fraction of sp³-hybridized carbons (Fsp3) is 0.333. The lowest BCUT2D eigenvalue weighted by atomic mass is 10.0. The third kappa shape index (κ3) is 3.99. The van der Waals surface area contributed by atoms with E-state index in [0.717, 1.165) is 0 Å². The van der Waals surface area contributed by atoms with Crippen LogP contribution in [0.3, 0.4) is 0 Å². The summed E-state index contributed by atoms with van der Waals surface area (Å²) in [5, 5.41) is 18.2. The van der Waals surface area contributed by atoms with E-state index in [1.807, 2.05) is 0 Å². The number of halogens is 2. The fourth-order valence-corrected chi connectivity index (χ4v) is 1.60. The van der Waals surface area contributed by atoms with E-state index in [1.54, 1.807) is 0 Å². The van der Waals surface area contributed by atoms with Crippen LogP contribution in [0.5, 0.6) is 5.75 Å². The van der Waals surface area contributed by atoms with E-state index >= 15 is 0 Å². The number of rotatable bonds is 7. The molecule has 1 rings (SSSR count). The minimum absolute atomic E-state index is 0.0756. The second-order valence-corrected chi connectivity index (χ2v) is 3.66. The number of aryl methyl sites for hydroxylation is 1. The van der Waals surface area contributed by atoms with Crippen molar-refractivity contribution in [1.82, 2.24) is 0 Å². The molecule has 0 aliphatic carbocycles. The van der Waals surface area contributed by atoms with Crippen LogP contribution in [0.1, 0.15) is 23.7 Å². The largest absolute Gasteiger partial charge is 0.479 e. The smallest absolute Gasteiger partial charge is 0.387 e. The fourth-order valence-electron chi connectivity index (χ4n) is 1.60. The quantitative estimate of drug-likeness (QED) is 0.737. The molecule has 7 heteroatoms. The van der Waals surface area contributed by atoms with Gasteiger partial charge in [0, 0.05) is 12.0 Å². The van der Waals surface area contributed by atoms with Crippen molar-refractivity contribution in [2.75, 3.05) is 0 Å². The van der Waals surface area contributed by atoms with Gasteiger partial charge in [-0.05, 0) is 12.0 Å². The van der Waals surface area contributed by atoms with Gasteiger partial charge < -0.3 is 19.7 Å². The third-order valence-electron chi connectivity index (χ3n) is 2.39. The van der Waals surface area contributed by atoms with E-state index in [2.05, 4.69) is 4.74 Å². The number of carboxylic acids is 1. The van der Waals surface area contributed by atoms with Crippen molar-refractivity contribution in [3.8, 4) is 5.75 Å². The normalized spacial score (nSPS) is 12.2. The highest BCUT2D eigenvalue weighted by Gasteiger charge is 2.24. The van der Waals surface area contributed by atoms with Gasteiger partial charge in [0.15, 0.2) is 6.10 Å². The summed E-state index contributed by atoms with van der Waals surface area (Å²) in [6.07, 6.45) is -1.17. The van der Waals surface area contributed by atoms with Gasteiger partial charge in [-0.1, -0.05) is 18.2 Å². The van der Waals surface area contributed by atoms with Crippen LogP contribution in [-0.4, -0.2) is 29.1 Å². The molecule has 19 heavy (non-hydrogen) atoms. The highest BCUT2D eigenvalue weighted by molar-refractivity contribution is 5.75. The number of para-hydroxylation sites is 1. The van der Waals surface area contributed by atoms with Gasteiger partial charge in [0.1, 0.15) is 12.0 Å². The number of aliphatic hydroxyl groups excluding tert-OH is 1. The molecule has 1 aromatic carbocycles. The first-order chi connectivity index (χ1) is 8.97. The molecule has 5 nitrogen and oxygen atoms in total. The van der Waals surface area contributed by atoms with Crippen LogP contribution in [0.15, 0.2) is 18.2 Å². The van der Waals surface area contributed by atoms with E-state index in [1.165, 1.54) is 18.2 Å². The summed E-state index contributed by atoms with van der Waals surface area (Å²) in [6.45, 7) is -3.16.